The molecule has 4 heteroatoms. The third-order valence-electron chi connectivity index (χ3n) is 4.60. The Labute approximate surface area is 112 Å². The summed E-state index contributed by atoms with van der Waals surface area (Å²) in [5.41, 5.74) is 0.491. The molecule has 0 aromatic rings. The molecule has 0 saturated heterocycles. The van der Waals surface area contributed by atoms with Crippen molar-refractivity contribution in [2.45, 2.75) is 52.5 Å². The summed E-state index contributed by atoms with van der Waals surface area (Å²) in [5.74, 6) is 1.06. The van der Waals surface area contributed by atoms with E-state index in [2.05, 4.69) is 26.1 Å². The average molecular weight is 273 g/mol. The first-order chi connectivity index (χ1) is 8.11. The molecule has 2 fully saturated rings. The fourth-order valence-electron chi connectivity index (χ4n) is 3.62. The van der Waals surface area contributed by atoms with E-state index in [1.54, 1.807) is 0 Å². The minimum Gasteiger partial charge on any atom is -0.313 e. The zero-order valence-electron chi connectivity index (χ0n) is 12.1. The van der Waals surface area contributed by atoms with Gasteiger partial charge in [-0.2, -0.15) is 0 Å². The van der Waals surface area contributed by atoms with Crippen molar-refractivity contribution in [3.05, 3.63) is 0 Å². The van der Waals surface area contributed by atoms with E-state index in [1.807, 2.05) is 0 Å². The number of hydrogen-bond acceptors (Lipinski definition) is 3. The number of sulfone groups is 1. The van der Waals surface area contributed by atoms with Gasteiger partial charge in [0.2, 0.25) is 0 Å². The van der Waals surface area contributed by atoms with Crippen molar-refractivity contribution < 1.29 is 8.42 Å². The molecule has 2 atom stereocenters. The van der Waals surface area contributed by atoms with E-state index >= 15 is 0 Å². The van der Waals surface area contributed by atoms with Crippen molar-refractivity contribution in [1.29, 1.82) is 0 Å². The molecule has 0 aliphatic heterocycles. The van der Waals surface area contributed by atoms with Gasteiger partial charge in [0, 0.05) is 18.8 Å². The Morgan fingerprint density at radius 2 is 1.83 bits per heavy atom. The second-order valence-electron chi connectivity index (χ2n) is 7.61. The van der Waals surface area contributed by atoms with Crippen LogP contribution >= 0.6 is 0 Å². The number of rotatable bonds is 5. The van der Waals surface area contributed by atoms with E-state index in [-0.39, 0.29) is 5.41 Å². The highest BCUT2D eigenvalue weighted by Crippen LogP contribution is 2.47. The maximum atomic E-state index is 11.4. The summed E-state index contributed by atoms with van der Waals surface area (Å²) in [7, 11) is -2.84. The van der Waals surface area contributed by atoms with Gasteiger partial charge in [-0.25, -0.2) is 8.42 Å². The molecule has 2 rings (SSSR count). The SMILES string of the molecule is C[C@H]1CC(C)(C)C[C@H]1NCC1(CS(C)(=O)=O)CC1. The normalized spacial score (nSPS) is 33.6. The Hall–Kier alpha value is -0.0900. The van der Waals surface area contributed by atoms with Crippen LogP contribution in [0.15, 0.2) is 0 Å². The Morgan fingerprint density at radius 1 is 1.22 bits per heavy atom. The lowest BCUT2D eigenvalue weighted by atomic mass is 9.91. The summed E-state index contributed by atoms with van der Waals surface area (Å²) >= 11 is 0. The highest BCUT2D eigenvalue weighted by Gasteiger charge is 2.46. The van der Waals surface area contributed by atoms with Crippen molar-refractivity contribution in [2.75, 3.05) is 18.6 Å². The molecule has 0 unspecified atom stereocenters. The first-order valence-electron chi connectivity index (χ1n) is 7.02. The molecular weight excluding hydrogens is 246 g/mol. The van der Waals surface area contributed by atoms with Gasteiger partial charge in [-0.1, -0.05) is 20.8 Å². The smallest absolute Gasteiger partial charge is 0.148 e. The first-order valence-corrected chi connectivity index (χ1v) is 9.08. The van der Waals surface area contributed by atoms with Gasteiger partial charge >= 0.3 is 0 Å². The third kappa shape index (κ3) is 3.70. The van der Waals surface area contributed by atoms with Crippen molar-refractivity contribution in [3.8, 4) is 0 Å². The molecule has 0 spiro atoms. The maximum Gasteiger partial charge on any atom is 0.148 e. The quantitative estimate of drug-likeness (QED) is 0.835. The number of hydrogen-bond donors (Lipinski definition) is 1. The molecule has 2 saturated carbocycles. The summed E-state index contributed by atoms with van der Waals surface area (Å²) in [4.78, 5) is 0. The Bertz CT molecular complexity index is 410. The fraction of sp³-hybridized carbons (Fsp3) is 1.00. The van der Waals surface area contributed by atoms with Gasteiger partial charge in [-0.3, -0.25) is 0 Å². The molecule has 0 amide bonds. The monoisotopic (exact) mass is 273 g/mol. The van der Waals surface area contributed by atoms with E-state index in [0.717, 1.165) is 19.4 Å². The molecule has 2 aliphatic rings. The van der Waals surface area contributed by atoms with Crippen molar-refractivity contribution >= 4 is 9.84 Å². The number of nitrogens with one attached hydrogen (secondary N) is 1. The van der Waals surface area contributed by atoms with Gasteiger partial charge in [-0.15, -0.1) is 0 Å². The lowest BCUT2D eigenvalue weighted by Crippen LogP contribution is -2.38. The van der Waals surface area contributed by atoms with Crippen LogP contribution in [0.4, 0.5) is 0 Å². The van der Waals surface area contributed by atoms with E-state index in [0.29, 0.717) is 23.1 Å². The van der Waals surface area contributed by atoms with Crippen LogP contribution in [0.2, 0.25) is 0 Å². The van der Waals surface area contributed by atoms with E-state index < -0.39 is 9.84 Å². The van der Waals surface area contributed by atoms with Gasteiger partial charge in [0.1, 0.15) is 9.84 Å². The van der Waals surface area contributed by atoms with Crippen LogP contribution in [0.1, 0.15) is 46.5 Å². The zero-order chi connectivity index (χ0) is 13.6. The van der Waals surface area contributed by atoms with Crippen LogP contribution < -0.4 is 5.32 Å². The van der Waals surface area contributed by atoms with Crippen LogP contribution in [0.5, 0.6) is 0 Å². The molecule has 2 aliphatic carbocycles. The van der Waals surface area contributed by atoms with Crippen LogP contribution in [0.3, 0.4) is 0 Å². The minimum atomic E-state index is -2.84. The van der Waals surface area contributed by atoms with Crippen LogP contribution in [0, 0.1) is 16.7 Å². The Balaban J connectivity index is 1.86. The highest BCUT2D eigenvalue weighted by molar-refractivity contribution is 7.90. The fourth-order valence-corrected chi connectivity index (χ4v) is 5.12. The molecule has 0 aromatic carbocycles. The molecular formula is C14H27NO2S. The summed E-state index contributed by atoms with van der Waals surface area (Å²) in [6, 6.07) is 0.567. The minimum absolute atomic E-state index is 0.0556. The van der Waals surface area contributed by atoms with E-state index in [4.69, 9.17) is 0 Å². The predicted octanol–water partition coefficient (Wildman–Crippen LogP) is 2.23. The predicted molar refractivity (Wildman–Crippen MR) is 75.3 cm³/mol. The zero-order valence-corrected chi connectivity index (χ0v) is 12.9. The van der Waals surface area contributed by atoms with Gasteiger partial charge in [0.05, 0.1) is 5.75 Å². The molecule has 106 valence electrons. The van der Waals surface area contributed by atoms with Crippen molar-refractivity contribution in [2.24, 2.45) is 16.7 Å². The van der Waals surface area contributed by atoms with Gasteiger partial charge in [-0.05, 0) is 42.4 Å². The van der Waals surface area contributed by atoms with Gasteiger partial charge in [0.25, 0.3) is 0 Å². The summed E-state index contributed by atoms with van der Waals surface area (Å²) in [6.45, 7) is 7.84. The van der Waals surface area contributed by atoms with E-state index in [9.17, 15) is 8.42 Å². The highest BCUT2D eigenvalue weighted by atomic mass is 32.2. The topological polar surface area (TPSA) is 46.2 Å². The Morgan fingerprint density at radius 3 is 2.22 bits per heavy atom. The molecule has 1 N–H and O–H groups in total. The van der Waals surface area contributed by atoms with Gasteiger partial charge < -0.3 is 5.32 Å². The van der Waals surface area contributed by atoms with Gasteiger partial charge in [0.15, 0.2) is 0 Å². The van der Waals surface area contributed by atoms with Crippen molar-refractivity contribution in [3.63, 3.8) is 0 Å². The molecule has 0 bridgehead atoms. The van der Waals surface area contributed by atoms with Crippen LogP contribution in [-0.2, 0) is 9.84 Å². The second-order valence-corrected chi connectivity index (χ2v) is 9.75. The third-order valence-corrected chi connectivity index (χ3v) is 5.74. The van der Waals surface area contributed by atoms with Crippen LogP contribution in [0.25, 0.3) is 0 Å². The first kappa shape index (κ1) is 14.3. The summed E-state index contributed by atoms with van der Waals surface area (Å²) in [6.07, 6.45) is 5.97. The Kier molecular flexibility index (Phi) is 3.56. The lowest BCUT2D eigenvalue weighted by molar-refractivity contribution is 0.355. The average Bonchev–Trinajstić information content (AvgIpc) is 2.82. The molecule has 0 aromatic heterocycles. The largest absolute Gasteiger partial charge is 0.313 e. The molecule has 0 radical (unpaired) electrons. The standard InChI is InChI=1S/C14H27NO2S/c1-11-7-13(2,3)8-12(11)15-9-14(5-6-14)10-18(4,16)17/h11-12,15H,5-10H2,1-4H3/t11-,12+/m0/s1. The molecule has 3 nitrogen and oxygen atoms in total. The second kappa shape index (κ2) is 4.48. The molecule has 18 heavy (non-hydrogen) atoms. The van der Waals surface area contributed by atoms with Crippen LogP contribution in [-0.4, -0.2) is 33.0 Å². The summed E-state index contributed by atoms with van der Waals surface area (Å²) in [5, 5.41) is 3.65. The van der Waals surface area contributed by atoms with E-state index in [1.165, 1.54) is 19.1 Å². The lowest BCUT2D eigenvalue weighted by Gasteiger charge is -2.22. The van der Waals surface area contributed by atoms with Crippen molar-refractivity contribution in [1.82, 2.24) is 5.32 Å². The summed E-state index contributed by atoms with van der Waals surface area (Å²) < 4.78 is 22.8. The molecule has 0 heterocycles. The maximum absolute atomic E-state index is 11.4.